The largest absolute Gasteiger partial charge is 0.375 e. The Morgan fingerprint density at radius 1 is 1.43 bits per heavy atom. The van der Waals surface area contributed by atoms with Crippen LogP contribution in [0.15, 0.2) is 6.20 Å². The first-order valence-corrected chi connectivity index (χ1v) is 8.31. The summed E-state index contributed by atoms with van der Waals surface area (Å²) in [6.45, 7) is 10.5. The highest BCUT2D eigenvalue weighted by Gasteiger charge is 2.43. The van der Waals surface area contributed by atoms with E-state index in [1.54, 1.807) is 0 Å². The second kappa shape index (κ2) is 5.40. The van der Waals surface area contributed by atoms with E-state index in [0.717, 1.165) is 31.7 Å². The van der Waals surface area contributed by atoms with Crippen molar-refractivity contribution in [2.24, 2.45) is 0 Å². The summed E-state index contributed by atoms with van der Waals surface area (Å²) < 4.78 is 8.23. The minimum absolute atomic E-state index is 0.142. The monoisotopic (exact) mass is 291 g/mol. The highest BCUT2D eigenvalue weighted by atomic mass is 16.5. The van der Waals surface area contributed by atoms with Gasteiger partial charge in [-0.15, -0.1) is 0 Å². The van der Waals surface area contributed by atoms with Crippen molar-refractivity contribution in [2.45, 2.75) is 83.5 Å². The number of hydrogen-bond acceptors (Lipinski definition) is 3. The van der Waals surface area contributed by atoms with Crippen LogP contribution in [0.25, 0.3) is 0 Å². The van der Waals surface area contributed by atoms with Gasteiger partial charge in [0.15, 0.2) is 0 Å². The van der Waals surface area contributed by atoms with Gasteiger partial charge in [-0.05, 0) is 59.8 Å². The third-order valence-corrected chi connectivity index (χ3v) is 4.93. The molecule has 1 aromatic rings. The van der Waals surface area contributed by atoms with E-state index >= 15 is 0 Å². The molecule has 1 aromatic heterocycles. The predicted octanol–water partition coefficient (Wildman–Crippen LogP) is 3.35. The summed E-state index contributed by atoms with van der Waals surface area (Å²) in [5.74, 6) is 0. The average molecular weight is 291 g/mol. The third-order valence-electron chi connectivity index (χ3n) is 4.93. The van der Waals surface area contributed by atoms with E-state index in [1.807, 2.05) is 0 Å². The minimum Gasteiger partial charge on any atom is -0.375 e. The van der Waals surface area contributed by atoms with Crippen molar-refractivity contribution in [2.75, 3.05) is 6.61 Å². The second-order valence-corrected chi connectivity index (χ2v) is 7.85. The molecule has 21 heavy (non-hydrogen) atoms. The Morgan fingerprint density at radius 2 is 2.19 bits per heavy atom. The van der Waals surface area contributed by atoms with Crippen LogP contribution in [-0.2, 0) is 11.3 Å². The second-order valence-electron chi connectivity index (χ2n) is 7.85. The van der Waals surface area contributed by atoms with Crippen molar-refractivity contribution in [3.05, 3.63) is 17.5 Å². The van der Waals surface area contributed by atoms with Crippen LogP contribution in [0.3, 0.4) is 0 Å². The van der Waals surface area contributed by atoms with Crippen LogP contribution in [0.2, 0.25) is 0 Å². The van der Waals surface area contributed by atoms with Crippen LogP contribution >= 0.6 is 0 Å². The molecule has 4 nitrogen and oxygen atoms in total. The molecule has 0 radical (unpaired) electrons. The first-order valence-electron chi connectivity index (χ1n) is 8.31. The van der Waals surface area contributed by atoms with E-state index in [-0.39, 0.29) is 11.1 Å². The molecule has 3 rings (SSSR count). The number of aromatic nitrogens is 2. The van der Waals surface area contributed by atoms with Gasteiger partial charge in [-0.3, -0.25) is 4.68 Å². The van der Waals surface area contributed by atoms with Gasteiger partial charge in [-0.1, -0.05) is 0 Å². The van der Waals surface area contributed by atoms with Gasteiger partial charge < -0.3 is 10.1 Å². The molecule has 0 bridgehead atoms. The zero-order valence-electron chi connectivity index (χ0n) is 13.9. The Labute approximate surface area is 128 Å². The molecule has 1 saturated carbocycles. The first-order chi connectivity index (χ1) is 9.87. The molecule has 1 unspecified atom stereocenters. The van der Waals surface area contributed by atoms with E-state index in [4.69, 9.17) is 9.84 Å². The summed E-state index contributed by atoms with van der Waals surface area (Å²) >= 11 is 0. The number of nitrogens with zero attached hydrogens (tertiary/aromatic N) is 2. The molecule has 1 saturated heterocycles. The third kappa shape index (κ3) is 3.32. The molecule has 0 amide bonds. The van der Waals surface area contributed by atoms with Gasteiger partial charge in [0.05, 0.1) is 17.3 Å². The SMILES string of the molecule is Cc1nn(C2CCOC3(CCC3)C2)cc1CNC(C)(C)C. The smallest absolute Gasteiger partial charge is 0.0703 e. The summed E-state index contributed by atoms with van der Waals surface area (Å²) in [5, 5.41) is 8.34. The molecular weight excluding hydrogens is 262 g/mol. The lowest BCUT2D eigenvalue weighted by molar-refractivity contribution is -0.141. The molecule has 4 heteroatoms. The Hall–Kier alpha value is -0.870. The molecule has 1 N–H and O–H groups in total. The Balaban J connectivity index is 1.68. The molecular formula is C17H29N3O. The van der Waals surface area contributed by atoms with E-state index in [9.17, 15) is 0 Å². The topological polar surface area (TPSA) is 39.1 Å². The zero-order chi connectivity index (χ0) is 15.1. The highest BCUT2D eigenvalue weighted by Crippen LogP contribution is 2.45. The van der Waals surface area contributed by atoms with Gasteiger partial charge in [-0.2, -0.15) is 5.10 Å². The van der Waals surface area contributed by atoms with Crippen LogP contribution in [-0.4, -0.2) is 27.5 Å². The summed E-state index contributed by atoms with van der Waals surface area (Å²) in [7, 11) is 0. The van der Waals surface area contributed by atoms with Gasteiger partial charge in [-0.25, -0.2) is 0 Å². The van der Waals surface area contributed by atoms with Gasteiger partial charge >= 0.3 is 0 Å². The Morgan fingerprint density at radius 3 is 2.81 bits per heavy atom. The first kappa shape index (κ1) is 15.0. The molecule has 2 aliphatic rings. The molecule has 118 valence electrons. The molecule has 2 fully saturated rings. The number of nitrogens with one attached hydrogen (secondary N) is 1. The number of aryl methyl sites for hydroxylation is 1. The van der Waals surface area contributed by atoms with Crippen molar-refractivity contribution in [3.8, 4) is 0 Å². The number of ether oxygens (including phenoxy) is 1. The van der Waals surface area contributed by atoms with E-state index in [1.165, 1.54) is 24.8 Å². The summed E-state index contributed by atoms with van der Waals surface area (Å²) in [6, 6.07) is 0.515. The van der Waals surface area contributed by atoms with Crippen LogP contribution in [0, 0.1) is 6.92 Å². The fourth-order valence-corrected chi connectivity index (χ4v) is 3.39. The lowest BCUT2D eigenvalue weighted by Gasteiger charge is -2.47. The Bertz CT molecular complexity index is 497. The standard InChI is InChI=1S/C17H29N3O/c1-13-14(11-18-16(2,3)4)12-20(19-13)15-6-9-21-17(10-15)7-5-8-17/h12,15,18H,5-11H2,1-4H3. The molecule has 1 spiro atoms. The maximum absolute atomic E-state index is 6.03. The normalized spacial score (nSPS) is 25.0. The van der Waals surface area contributed by atoms with E-state index < -0.39 is 0 Å². The van der Waals surface area contributed by atoms with Crippen LogP contribution < -0.4 is 5.32 Å². The summed E-state index contributed by atoms with van der Waals surface area (Å²) in [4.78, 5) is 0. The van der Waals surface area contributed by atoms with Crippen molar-refractivity contribution < 1.29 is 4.74 Å². The Kier molecular flexibility index (Phi) is 3.87. The maximum Gasteiger partial charge on any atom is 0.0703 e. The zero-order valence-corrected chi connectivity index (χ0v) is 13.9. The lowest BCUT2D eigenvalue weighted by atomic mass is 9.74. The van der Waals surface area contributed by atoms with Crippen LogP contribution in [0.4, 0.5) is 0 Å². The molecule has 1 aliphatic heterocycles. The van der Waals surface area contributed by atoms with E-state index in [0.29, 0.717) is 6.04 Å². The summed E-state index contributed by atoms with van der Waals surface area (Å²) in [5.41, 5.74) is 2.80. The molecule has 2 heterocycles. The molecule has 1 aliphatic carbocycles. The van der Waals surface area contributed by atoms with Crippen LogP contribution in [0.1, 0.15) is 70.2 Å². The van der Waals surface area contributed by atoms with Crippen LogP contribution in [0.5, 0.6) is 0 Å². The van der Waals surface area contributed by atoms with Crippen molar-refractivity contribution in [1.29, 1.82) is 0 Å². The highest BCUT2D eigenvalue weighted by molar-refractivity contribution is 5.16. The van der Waals surface area contributed by atoms with Crippen molar-refractivity contribution >= 4 is 0 Å². The van der Waals surface area contributed by atoms with Gasteiger partial charge in [0, 0.05) is 30.5 Å². The van der Waals surface area contributed by atoms with Gasteiger partial charge in [0.25, 0.3) is 0 Å². The fourth-order valence-electron chi connectivity index (χ4n) is 3.39. The fraction of sp³-hybridized carbons (Fsp3) is 0.824. The average Bonchev–Trinajstić information content (AvgIpc) is 2.75. The predicted molar refractivity (Wildman–Crippen MR) is 84.4 cm³/mol. The van der Waals surface area contributed by atoms with Gasteiger partial charge in [0.2, 0.25) is 0 Å². The minimum atomic E-state index is 0.142. The quantitative estimate of drug-likeness (QED) is 0.928. The van der Waals surface area contributed by atoms with Gasteiger partial charge in [0.1, 0.15) is 0 Å². The van der Waals surface area contributed by atoms with Crippen molar-refractivity contribution in [1.82, 2.24) is 15.1 Å². The number of rotatable bonds is 3. The summed E-state index contributed by atoms with van der Waals surface area (Å²) in [6.07, 6.45) is 8.28. The van der Waals surface area contributed by atoms with E-state index in [2.05, 4.69) is 43.9 Å². The van der Waals surface area contributed by atoms with Crippen molar-refractivity contribution in [3.63, 3.8) is 0 Å². The number of hydrogen-bond donors (Lipinski definition) is 1. The lowest BCUT2D eigenvalue weighted by Crippen LogP contribution is -2.46. The molecule has 1 atom stereocenters. The maximum atomic E-state index is 6.03. The molecule has 0 aromatic carbocycles.